The van der Waals surface area contributed by atoms with E-state index in [1.54, 1.807) is 0 Å². The summed E-state index contributed by atoms with van der Waals surface area (Å²) in [6, 6.07) is 10.4. The van der Waals surface area contributed by atoms with Gasteiger partial charge >= 0.3 is 0 Å². The van der Waals surface area contributed by atoms with Crippen molar-refractivity contribution in [2.45, 2.75) is 90.0 Å². The first-order valence-electron chi connectivity index (χ1n) is 9.39. The van der Waals surface area contributed by atoms with Crippen molar-refractivity contribution in [3.8, 4) is 0 Å². The van der Waals surface area contributed by atoms with Gasteiger partial charge in [-0.2, -0.15) is 0 Å². The number of rotatable bonds is 8. The lowest BCUT2D eigenvalue weighted by Crippen LogP contribution is -2.55. The van der Waals surface area contributed by atoms with E-state index in [0.29, 0.717) is 6.42 Å². The minimum atomic E-state index is -2.20. The Kier molecular flexibility index (Phi) is 7.45. The summed E-state index contributed by atoms with van der Waals surface area (Å²) < 4.78 is 6.55. The van der Waals surface area contributed by atoms with E-state index in [4.69, 9.17) is 10.2 Å². The van der Waals surface area contributed by atoms with Crippen molar-refractivity contribution in [2.75, 3.05) is 0 Å². The fourth-order valence-electron chi connectivity index (χ4n) is 3.33. The molecule has 0 spiro atoms. The van der Waals surface area contributed by atoms with E-state index in [-0.39, 0.29) is 16.0 Å². The SMILES string of the molecule is CC(C)(C)[Si](C)(OC(CCCCc1ccccc1)C(N)=O)C(C)(C)C. The van der Waals surface area contributed by atoms with Crippen LogP contribution in [0.15, 0.2) is 30.3 Å². The molecule has 3 nitrogen and oxygen atoms in total. The highest BCUT2D eigenvalue weighted by molar-refractivity contribution is 6.78. The number of unbranched alkanes of at least 4 members (excludes halogenated alkanes) is 1. The second-order valence-electron chi connectivity index (χ2n) is 9.27. The molecule has 0 aliphatic carbocycles. The first-order chi connectivity index (χ1) is 11.4. The third-order valence-corrected chi connectivity index (χ3v) is 12.1. The summed E-state index contributed by atoms with van der Waals surface area (Å²) in [5.41, 5.74) is 7.02. The van der Waals surface area contributed by atoms with E-state index in [1.807, 2.05) is 6.07 Å². The molecule has 0 aromatic heterocycles. The van der Waals surface area contributed by atoms with Crippen LogP contribution in [0.4, 0.5) is 0 Å². The van der Waals surface area contributed by atoms with Crippen LogP contribution >= 0.6 is 0 Å². The molecule has 0 saturated heterocycles. The molecule has 1 aromatic carbocycles. The van der Waals surface area contributed by atoms with Gasteiger partial charge in [0.1, 0.15) is 6.10 Å². The number of carbonyl (C=O) groups is 1. The van der Waals surface area contributed by atoms with Gasteiger partial charge in [-0.15, -0.1) is 0 Å². The molecule has 1 aromatic rings. The topological polar surface area (TPSA) is 52.3 Å². The van der Waals surface area contributed by atoms with Gasteiger partial charge in [0.2, 0.25) is 14.2 Å². The molecule has 0 aliphatic rings. The first-order valence-corrected chi connectivity index (χ1v) is 11.8. The zero-order valence-corrected chi connectivity index (χ0v) is 18.2. The van der Waals surface area contributed by atoms with Crippen LogP contribution in [0, 0.1) is 0 Å². The maximum absolute atomic E-state index is 12.0. The summed E-state index contributed by atoms with van der Waals surface area (Å²) in [6.45, 7) is 15.6. The number of primary amides is 1. The number of hydrogen-bond acceptors (Lipinski definition) is 2. The van der Waals surface area contributed by atoms with Crippen LogP contribution in [0.3, 0.4) is 0 Å². The molecule has 0 heterocycles. The zero-order chi connectivity index (χ0) is 19.3. The summed E-state index contributed by atoms with van der Waals surface area (Å²) >= 11 is 0. The number of aryl methyl sites for hydroxylation is 1. The third kappa shape index (κ3) is 5.96. The van der Waals surface area contributed by atoms with Crippen LogP contribution in [0.2, 0.25) is 16.6 Å². The first kappa shape index (κ1) is 21.9. The van der Waals surface area contributed by atoms with Gasteiger partial charge in [0.25, 0.3) is 0 Å². The maximum atomic E-state index is 12.0. The summed E-state index contributed by atoms with van der Waals surface area (Å²) in [5, 5.41) is 0.0615. The Bertz CT molecular complexity index is 529. The van der Waals surface area contributed by atoms with Gasteiger partial charge in [-0.25, -0.2) is 0 Å². The normalized spacial score (nSPS) is 14.4. The van der Waals surface area contributed by atoms with Gasteiger partial charge < -0.3 is 10.2 Å². The molecule has 0 bridgehead atoms. The molecular formula is C21H37NO2Si. The second kappa shape index (κ2) is 8.50. The third-order valence-electron chi connectivity index (χ3n) is 5.58. The lowest BCUT2D eigenvalue weighted by Gasteiger charge is -2.49. The number of carbonyl (C=O) groups excluding carboxylic acids is 1. The second-order valence-corrected chi connectivity index (χ2v) is 14.6. The van der Waals surface area contributed by atoms with Gasteiger partial charge in [0.15, 0.2) is 0 Å². The fraction of sp³-hybridized carbons (Fsp3) is 0.667. The van der Waals surface area contributed by atoms with Gasteiger partial charge in [0, 0.05) is 0 Å². The summed E-state index contributed by atoms with van der Waals surface area (Å²) in [7, 11) is -2.20. The van der Waals surface area contributed by atoms with E-state index >= 15 is 0 Å². The minimum absolute atomic E-state index is 0.0307. The average Bonchev–Trinajstić information content (AvgIpc) is 2.48. The Hall–Kier alpha value is -1.13. The number of benzene rings is 1. The van der Waals surface area contributed by atoms with Crippen molar-refractivity contribution in [3.63, 3.8) is 0 Å². The number of amides is 1. The number of hydrogen-bond donors (Lipinski definition) is 1. The summed E-state index contributed by atoms with van der Waals surface area (Å²) in [4.78, 5) is 12.0. The average molecular weight is 364 g/mol. The monoisotopic (exact) mass is 363 g/mol. The summed E-state index contributed by atoms with van der Waals surface area (Å²) in [5.74, 6) is -0.327. The van der Waals surface area contributed by atoms with Gasteiger partial charge in [0.05, 0.1) is 0 Å². The predicted molar refractivity (Wildman–Crippen MR) is 109 cm³/mol. The lowest BCUT2D eigenvalue weighted by molar-refractivity contribution is -0.125. The van der Waals surface area contributed by atoms with Crippen LogP contribution < -0.4 is 5.73 Å². The van der Waals surface area contributed by atoms with E-state index in [1.165, 1.54) is 5.56 Å². The van der Waals surface area contributed by atoms with Crippen molar-refractivity contribution >= 4 is 14.2 Å². The molecule has 0 aliphatic heterocycles. The minimum Gasteiger partial charge on any atom is -0.404 e. The molecule has 0 saturated carbocycles. The van der Waals surface area contributed by atoms with Crippen molar-refractivity contribution < 1.29 is 9.22 Å². The van der Waals surface area contributed by atoms with E-state index < -0.39 is 14.4 Å². The van der Waals surface area contributed by atoms with Crippen LogP contribution in [0.25, 0.3) is 0 Å². The van der Waals surface area contributed by atoms with E-state index in [0.717, 1.165) is 19.3 Å². The van der Waals surface area contributed by atoms with Gasteiger partial charge in [-0.1, -0.05) is 78.3 Å². The standard InChI is InChI=1S/C21H37NO2Si/c1-20(2,3)25(7,21(4,5)6)24-18(19(22)23)16-12-11-15-17-13-9-8-10-14-17/h8-10,13-14,18H,11-12,15-16H2,1-7H3,(H2,22,23). The molecule has 1 unspecified atom stereocenters. The van der Waals surface area contributed by atoms with Crippen LogP contribution in [0.1, 0.15) is 66.4 Å². The Labute approximate surface area is 155 Å². The van der Waals surface area contributed by atoms with Crippen LogP contribution in [-0.2, 0) is 15.6 Å². The molecule has 0 fully saturated rings. The number of nitrogens with two attached hydrogens (primary N) is 1. The highest BCUT2D eigenvalue weighted by atomic mass is 28.4. The van der Waals surface area contributed by atoms with Crippen molar-refractivity contribution in [1.29, 1.82) is 0 Å². The van der Waals surface area contributed by atoms with Gasteiger partial charge in [-0.3, -0.25) is 4.79 Å². The van der Waals surface area contributed by atoms with Crippen LogP contribution in [0.5, 0.6) is 0 Å². The molecule has 1 atom stereocenters. The molecule has 2 N–H and O–H groups in total. The largest absolute Gasteiger partial charge is 0.404 e. The predicted octanol–water partition coefficient (Wildman–Crippen LogP) is 5.45. The van der Waals surface area contributed by atoms with Crippen LogP contribution in [-0.4, -0.2) is 20.3 Å². The fourth-order valence-corrected chi connectivity index (χ4v) is 7.09. The Morgan fingerprint density at radius 3 is 2.00 bits per heavy atom. The quantitative estimate of drug-likeness (QED) is 0.493. The molecule has 4 heteroatoms. The van der Waals surface area contributed by atoms with E-state index in [2.05, 4.69) is 72.4 Å². The van der Waals surface area contributed by atoms with Crippen molar-refractivity contribution in [2.24, 2.45) is 5.73 Å². The van der Waals surface area contributed by atoms with Gasteiger partial charge in [-0.05, 0) is 41.4 Å². The molecular weight excluding hydrogens is 326 g/mol. The van der Waals surface area contributed by atoms with Crippen molar-refractivity contribution in [1.82, 2.24) is 0 Å². The Morgan fingerprint density at radius 2 is 1.56 bits per heavy atom. The molecule has 25 heavy (non-hydrogen) atoms. The smallest absolute Gasteiger partial charge is 0.245 e. The lowest BCUT2D eigenvalue weighted by atomic mass is 10.1. The molecule has 142 valence electrons. The Balaban J connectivity index is 2.71. The summed E-state index contributed by atoms with van der Waals surface area (Å²) in [6.07, 6.45) is 3.24. The van der Waals surface area contributed by atoms with Crippen molar-refractivity contribution in [3.05, 3.63) is 35.9 Å². The maximum Gasteiger partial charge on any atom is 0.245 e. The highest BCUT2D eigenvalue weighted by Gasteiger charge is 2.52. The molecule has 1 amide bonds. The Morgan fingerprint density at radius 1 is 1.04 bits per heavy atom. The van der Waals surface area contributed by atoms with E-state index in [9.17, 15) is 4.79 Å². The molecule has 0 radical (unpaired) electrons. The molecule has 1 rings (SSSR count). The highest BCUT2D eigenvalue weighted by Crippen LogP contribution is 2.52. The zero-order valence-electron chi connectivity index (χ0n) is 17.2.